The van der Waals surface area contributed by atoms with Crippen molar-refractivity contribution in [3.8, 4) is 0 Å². The van der Waals surface area contributed by atoms with Gasteiger partial charge in [0.15, 0.2) is 0 Å². The molecule has 0 bridgehead atoms. The maximum atomic E-state index is 10.6. The van der Waals surface area contributed by atoms with Crippen molar-refractivity contribution in [2.24, 2.45) is 0 Å². The van der Waals surface area contributed by atoms with Crippen LogP contribution in [0.25, 0.3) is 0 Å². The third kappa shape index (κ3) is 3.64. The van der Waals surface area contributed by atoms with Crippen molar-refractivity contribution in [2.75, 3.05) is 0 Å². The molecular formula is C15H13Cl3O. The predicted octanol–water partition coefficient (Wildman–Crippen LogP) is 5.10. The van der Waals surface area contributed by atoms with Gasteiger partial charge in [-0.25, -0.2) is 0 Å². The summed E-state index contributed by atoms with van der Waals surface area (Å²) in [5.41, 5.74) is 0.674. The molecule has 1 unspecified atom stereocenters. The lowest BCUT2D eigenvalue weighted by atomic mass is 9.89. The Morgan fingerprint density at radius 1 is 1.00 bits per heavy atom. The van der Waals surface area contributed by atoms with Crippen LogP contribution >= 0.6 is 34.8 Å². The Labute approximate surface area is 127 Å². The zero-order valence-electron chi connectivity index (χ0n) is 10.3. The molecule has 1 N–H and O–H groups in total. The standard InChI is InChI=1S/C15H13Cl3O/c1-15(19,11-3-2-4-12(16)8-11)9-10-5-6-13(17)14(18)7-10/h2-8,19H,9H2,1H3. The molecule has 1 nitrogen and oxygen atoms in total. The van der Waals surface area contributed by atoms with Crippen molar-refractivity contribution in [1.82, 2.24) is 0 Å². The van der Waals surface area contributed by atoms with Crippen molar-refractivity contribution in [3.05, 3.63) is 68.7 Å². The summed E-state index contributed by atoms with van der Waals surface area (Å²) < 4.78 is 0. The summed E-state index contributed by atoms with van der Waals surface area (Å²) in [6, 6.07) is 12.6. The normalized spacial score (nSPS) is 14.2. The van der Waals surface area contributed by atoms with Gasteiger partial charge in [-0.2, -0.15) is 0 Å². The summed E-state index contributed by atoms with van der Waals surface area (Å²) in [5.74, 6) is 0. The van der Waals surface area contributed by atoms with E-state index < -0.39 is 5.60 Å². The lowest BCUT2D eigenvalue weighted by molar-refractivity contribution is 0.0576. The van der Waals surface area contributed by atoms with Crippen LogP contribution < -0.4 is 0 Å². The molecule has 0 radical (unpaired) electrons. The molecule has 0 saturated carbocycles. The molecule has 2 rings (SSSR count). The number of hydrogen-bond donors (Lipinski definition) is 1. The van der Waals surface area contributed by atoms with Crippen LogP contribution in [0.1, 0.15) is 18.1 Å². The summed E-state index contributed by atoms with van der Waals surface area (Å²) in [7, 11) is 0. The van der Waals surface area contributed by atoms with Crippen LogP contribution in [0, 0.1) is 0 Å². The SMILES string of the molecule is CC(O)(Cc1ccc(Cl)c(Cl)c1)c1cccc(Cl)c1. The average molecular weight is 316 g/mol. The Bertz CT molecular complexity index is 594. The second-order valence-electron chi connectivity index (χ2n) is 4.71. The van der Waals surface area contributed by atoms with Crippen LogP contribution in [0.2, 0.25) is 15.1 Å². The molecule has 0 saturated heterocycles. The third-order valence-electron chi connectivity index (χ3n) is 2.98. The summed E-state index contributed by atoms with van der Waals surface area (Å²) in [4.78, 5) is 0. The molecule has 0 aromatic heterocycles. The molecule has 0 spiro atoms. The van der Waals surface area contributed by atoms with E-state index >= 15 is 0 Å². The van der Waals surface area contributed by atoms with E-state index in [4.69, 9.17) is 34.8 Å². The van der Waals surface area contributed by atoms with Crippen LogP contribution in [-0.4, -0.2) is 5.11 Å². The minimum Gasteiger partial charge on any atom is -0.385 e. The molecule has 0 fully saturated rings. The van der Waals surface area contributed by atoms with E-state index in [-0.39, 0.29) is 0 Å². The first-order valence-electron chi connectivity index (χ1n) is 5.81. The summed E-state index contributed by atoms with van der Waals surface area (Å²) in [5, 5.41) is 12.2. The maximum Gasteiger partial charge on any atom is 0.0909 e. The van der Waals surface area contributed by atoms with E-state index in [0.29, 0.717) is 21.5 Å². The molecule has 0 aliphatic heterocycles. The first kappa shape index (κ1) is 14.7. The van der Waals surface area contributed by atoms with Gasteiger partial charge in [-0.15, -0.1) is 0 Å². The van der Waals surface area contributed by atoms with Gasteiger partial charge in [-0.1, -0.05) is 53.0 Å². The van der Waals surface area contributed by atoms with Crippen LogP contribution in [0.4, 0.5) is 0 Å². The van der Waals surface area contributed by atoms with E-state index in [1.54, 1.807) is 31.2 Å². The van der Waals surface area contributed by atoms with Crippen molar-refractivity contribution < 1.29 is 5.11 Å². The van der Waals surface area contributed by atoms with Crippen molar-refractivity contribution >= 4 is 34.8 Å². The van der Waals surface area contributed by atoms with Gasteiger partial charge in [0.05, 0.1) is 15.6 Å². The van der Waals surface area contributed by atoms with E-state index in [1.807, 2.05) is 18.2 Å². The molecule has 0 aliphatic rings. The third-order valence-corrected chi connectivity index (χ3v) is 3.95. The lowest BCUT2D eigenvalue weighted by Gasteiger charge is -2.24. The topological polar surface area (TPSA) is 20.2 Å². The second kappa shape index (κ2) is 5.72. The highest BCUT2D eigenvalue weighted by Gasteiger charge is 2.24. The number of hydrogen-bond acceptors (Lipinski definition) is 1. The lowest BCUT2D eigenvalue weighted by Crippen LogP contribution is -2.24. The molecule has 19 heavy (non-hydrogen) atoms. The van der Waals surface area contributed by atoms with Crippen LogP contribution in [0.3, 0.4) is 0 Å². The monoisotopic (exact) mass is 314 g/mol. The maximum absolute atomic E-state index is 10.6. The van der Waals surface area contributed by atoms with Gasteiger partial charge < -0.3 is 5.11 Å². The fraction of sp³-hybridized carbons (Fsp3) is 0.200. The molecule has 2 aromatic rings. The molecule has 2 aromatic carbocycles. The molecular weight excluding hydrogens is 303 g/mol. The Balaban J connectivity index is 2.27. The van der Waals surface area contributed by atoms with Crippen molar-refractivity contribution in [2.45, 2.75) is 18.9 Å². The number of rotatable bonds is 3. The van der Waals surface area contributed by atoms with Gasteiger partial charge in [0.25, 0.3) is 0 Å². The smallest absolute Gasteiger partial charge is 0.0909 e. The van der Waals surface area contributed by atoms with Gasteiger partial charge in [-0.05, 0) is 42.3 Å². The number of aliphatic hydroxyl groups is 1. The minimum atomic E-state index is -1.01. The fourth-order valence-electron chi connectivity index (χ4n) is 1.97. The zero-order valence-corrected chi connectivity index (χ0v) is 12.6. The molecule has 0 aliphatic carbocycles. The number of benzene rings is 2. The van der Waals surface area contributed by atoms with E-state index in [9.17, 15) is 5.11 Å². The van der Waals surface area contributed by atoms with Crippen molar-refractivity contribution in [1.29, 1.82) is 0 Å². The first-order chi connectivity index (χ1) is 8.88. The molecule has 100 valence electrons. The average Bonchev–Trinajstić information content (AvgIpc) is 2.33. The van der Waals surface area contributed by atoms with E-state index in [1.165, 1.54) is 0 Å². The second-order valence-corrected chi connectivity index (χ2v) is 5.96. The molecule has 1 atom stereocenters. The highest BCUT2D eigenvalue weighted by Crippen LogP contribution is 2.30. The van der Waals surface area contributed by atoms with Gasteiger partial charge in [0.2, 0.25) is 0 Å². The van der Waals surface area contributed by atoms with Crippen LogP contribution in [0.5, 0.6) is 0 Å². The largest absolute Gasteiger partial charge is 0.385 e. The van der Waals surface area contributed by atoms with Crippen LogP contribution in [-0.2, 0) is 12.0 Å². The van der Waals surface area contributed by atoms with Gasteiger partial charge >= 0.3 is 0 Å². The Hall–Kier alpha value is -0.730. The summed E-state index contributed by atoms with van der Waals surface area (Å²) >= 11 is 17.8. The Kier molecular flexibility index (Phi) is 4.42. The first-order valence-corrected chi connectivity index (χ1v) is 6.94. The minimum absolute atomic E-state index is 0.435. The molecule has 0 heterocycles. The quantitative estimate of drug-likeness (QED) is 0.835. The molecule has 0 amide bonds. The fourth-order valence-corrected chi connectivity index (χ4v) is 2.48. The van der Waals surface area contributed by atoms with Crippen LogP contribution in [0.15, 0.2) is 42.5 Å². The Morgan fingerprint density at radius 3 is 2.37 bits per heavy atom. The summed E-state index contributed by atoms with van der Waals surface area (Å²) in [6.07, 6.45) is 0.435. The summed E-state index contributed by atoms with van der Waals surface area (Å²) in [6.45, 7) is 1.75. The van der Waals surface area contributed by atoms with E-state index in [2.05, 4.69) is 0 Å². The van der Waals surface area contributed by atoms with Crippen molar-refractivity contribution in [3.63, 3.8) is 0 Å². The number of halogens is 3. The van der Waals surface area contributed by atoms with Gasteiger partial charge in [0, 0.05) is 11.4 Å². The van der Waals surface area contributed by atoms with E-state index in [0.717, 1.165) is 11.1 Å². The predicted molar refractivity (Wildman–Crippen MR) is 81.2 cm³/mol. The highest BCUT2D eigenvalue weighted by atomic mass is 35.5. The van der Waals surface area contributed by atoms with Gasteiger partial charge in [-0.3, -0.25) is 0 Å². The zero-order chi connectivity index (χ0) is 14.0. The molecule has 4 heteroatoms. The Morgan fingerprint density at radius 2 is 1.74 bits per heavy atom. The van der Waals surface area contributed by atoms with Gasteiger partial charge in [0.1, 0.15) is 0 Å². The highest BCUT2D eigenvalue weighted by molar-refractivity contribution is 6.42.